The minimum absolute atomic E-state index is 0.287. The van der Waals surface area contributed by atoms with Crippen LogP contribution in [0.15, 0.2) is 34.3 Å². The third-order valence-electron chi connectivity index (χ3n) is 2.27. The van der Waals surface area contributed by atoms with Crippen LogP contribution in [0.2, 0.25) is 0 Å². The molecule has 2 aromatic rings. The third-order valence-corrected chi connectivity index (χ3v) is 3.14. The van der Waals surface area contributed by atoms with E-state index in [9.17, 15) is 0 Å². The Bertz CT molecular complexity index is 526. The minimum atomic E-state index is 0.287. The number of nitrogens with one attached hydrogen (secondary N) is 1. The Morgan fingerprint density at radius 1 is 1.00 bits per heavy atom. The zero-order chi connectivity index (χ0) is 13.7. The fourth-order valence-electron chi connectivity index (χ4n) is 1.34. The first kappa shape index (κ1) is 13.4. The Hall–Kier alpha value is -2.02. The van der Waals surface area contributed by atoms with E-state index in [-0.39, 0.29) is 6.01 Å². The van der Waals surface area contributed by atoms with Crippen LogP contribution in [0.4, 0.5) is 5.95 Å². The number of anilines is 1. The van der Waals surface area contributed by atoms with Gasteiger partial charge in [-0.15, -0.1) is 0 Å². The Morgan fingerprint density at radius 2 is 1.74 bits per heavy atom. The highest BCUT2D eigenvalue weighted by molar-refractivity contribution is 7.99. The van der Waals surface area contributed by atoms with Crippen molar-refractivity contribution in [2.75, 3.05) is 26.6 Å². The SMILES string of the molecule is CNc1nc(OC)nc(Sc2ccc(OC)cc2)n1. The lowest BCUT2D eigenvalue weighted by Gasteiger charge is -2.05. The molecule has 0 saturated carbocycles. The minimum Gasteiger partial charge on any atom is -0.497 e. The molecule has 1 heterocycles. The number of hydrogen-bond donors (Lipinski definition) is 1. The molecule has 7 heteroatoms. The molecular formula is C12H14N4O2S. The molecule has 0 unspecified atom stereocenters. The molecular weight excluding hydrogens is 264 g/mol. The predicted octanol–water partition coefficient (Wildman–Crippen LogP) is 2.08. The molecule has 0 radical (unpaired) electrons. The Kier molecular flexibility index (Phi) is 4.40. The van der Waals surface area contributed by atoms with Crippen LogP contribution in [0, 0.1) is 0 Å². The molecule has 0 aliphatic carbocycles. The molecule has 0 fully saturated rings. The summed E-state index contributed by atoms with van der Waals surface area (Å²) in [5.41, 5.74) is 0. The quantitative estimate of drug-likeness (QED) is 0.897. The first-order valence-electron chi connectivity index (χ1n) is 5.55. The van der Waals surface area contributed by atoms with Gasteiger partial charge in [0.2, 0.25) is 11.1 Å². The highest BCUT2D eigenvalue weighted by Gasteiger charge is 2.07. The van der Waals surface area contributed by atoms with E-state index in [4.69, 9.17) is 9.47 Å². The largest absolute Gasteiger partial charge is 0.497 e. The number of ether oxygens (including phenoxy) is 2. The fourth-order valence-corrected chi connectivity index (χ4v) is 2.07. The van der Waals surface area contributed by atoms with Crippen molar-refractivity contribution in [3.05, 3.63) is 24.3 Å². The first-order valence-corrected chi connectivity index (χ1v) is 6.36. The molecule has 1 aromatic heterocycles. The summed E-state index contributed by atoms with van der Waals surface area (Å²) in [4.78, 5) is 13.5. The summed E-state index contributed by atoms with van der Waals surface area (Å²) in [5, 5.41) is 3.44. The fraction of sp³-hybridized carbons (Fsp3) is 0.250. The molecule has 100 valence electrons. The van der Waals surface area contributed by atoms with Gasteiger partial charge >= 0.3 is 6.01 Å². The van der Waals surface area contributed by atoms with E-state index >= 15 is 0 Å². The van der Waals surface area contributed by atoms with Crippen LogP contribution in [-0.2, 0) is 0 Å². The Morgan fingerprint density at radius 3 is 2.32 bits per heavy atom. The van der Waals surface area contributed by atoms with Crippen molar-refractivity contribution in [3.63, 3.8) is 0 Å². The van der Waals surface area contributed by atoms with Crippen molar-refractivity contribution in [1.82, 2.24) is 15.0 Å². The summed E-state index contributed by atoms with van der Waals surface area (Å²) in [7, 11) is 4.91. The van der Waals surface area contributed by atoms with E-state index in [1.165, 1.54) is 18.9 Å². The number of methoxy groups -OCH3 is 2. The third kappa shape index (κ3) is 3.47. The molecule has 2 rings (SSSR count). The maximum absolute atomic E-state index is 5.11. The number of benzene rings is 1. The van der Waals surface area contributed by atoms with Crippen LogP contribution in [0.1, 0.15) is 0 Å². The normalized spacial score (nSPS) is 10.1. The number of hydrogen-bond acceptors (Lipinski definition) is 7. The van der Waals surface area contributed by atoms with Gasteiger partial charge in [-0.05, 0) is 36.0 Å². The van der Waals surface area contributed by atoms with Crippen molar-refractivity contribution in [1.29, 1.82) is 0 Å². The molecule has 0 aliphatic rings. The molecule has 0 spiro atoms. The molecule has 19 heavy (non-hydrogen) atoms. The van der Waals surface area contributed by atoms with Gasteiger partial charge in [0, 0.05) is 11.9 Å². The second kappa shape index (κ2) is 6.24. The van der Waals surface area contributed by atoms with E-state index in [0.717, 1.165) is 10.6 Å². The maximum atomic E-state index is 5.11. The number of aromatic nitrogens is 3. The van der Waals surface area contributed by atoms with Crippen molar-refractivity contribution < 1.29 is 9.47 Å². The van der Waals surface area contributed by atoms with Gasteiger partial charge in [0.1, 0.15) is 5.75 Å². The average Bonchev–Trinajstić information content (AvgIpc) is 2.47. The van der Waals surface area contributed by atoms with Gasteiger partial charge in [-0.25, -0.2) is 0 Å². The summed E-state index contributed by atoms with van der Waals surface area (Å²) < 4.78 is 10.1. The highest BCUT2D eigenvalue weighted by Crippen LogP contribution is 2.27. The second-order valence-corrected chi connectivity index (χ2v) is 4.50. The van der Waals surface area contributed by atoms with Crippen molar-refractivity contribution in [2.24, 2.45) is 0 Å². The van der Waals surface area contributed by atoms with E-state index < -0.39 is 0 Å². The summed E-state index contributed by atoms with van der Waals surface area (Å²) in [6, 6.07) is 7.95. The lowest BCUT2D eigenvalue weighted by Crippen LogP contribution is -2.02. The van der Waals surface area contributed by atoms with Crippen LogP contribution in [0.5, 0.6) is 11.8 Å². The Labute approximate surface area is 115 Å². The summed E-state index contributed by atoms with van der Waals surface area (Å²) >= 11 is 1.43. The number of rotatable bonds is 5. The van der Waals surface area contributed by atoms with Gasteiger partial charge in [0.15, 0.2) is 0 Å². The summed E-state index contributed by atoms with van der Waals surface area (Å²) in [6.07, 6.45) is 0. The predicted molar refractivity (Wildman–Crippen MR) is 73.0 cm³/mol. The van der Waals surface area contributed by atoms with Gasteiger partial charge < -0.3 is 14.8 Å². The van der Waals surface area contributed by atoms with Crippen LogP contribution >= 0.6 is 11.8 Å². The molecule has 0 bridgehead atoms. The first-order chi connectivity index (χ1) is 9.25. The summed E-state index contributed by atoms with van der Waals surface area (Å²) in [5.74, 6) is 1.29. The van der Waals surface area contributed by atoms with E-state index in [1.54, 1.807) is 14.2 Å². The molecule has 0 amide bonds. The molecule has 0 aliphatic heterocycles. The van der Waals surface area contributed by atoms with Gasteiger partial charge in [-0.2, -0.15) is 15.0 Å². The zero-order valence-electron chi connectivity index (χ0n) is 10.9. The molecule has 1 N–H and O–H groups in total. The van der Waals surface area contributed by atoms with Crippen molar-refractivity contribution >= 4 is 17.7 Å². The van der Waals surface area contributed by atoms with Gasteiger partial charge in [-0.3, -0.25) is 0 Å². The maximum Gasteiger partial charge on any atom is 0.321 e. The zero-order valence-corrected chi connectivity index (χ0v) is 11.7. The lowest BCUT2D eigenvalue weighted by atomic mass is 10.3. The van der Waals surface area contributed by atoms with E-state index in [2.05, 4.69) is 20.3 Å². The second-order valence-electron chi connectivity index (χ2n) is 3.46. The Balaban J connectivity index is 2.21. The van der Waals surface area contributed by atoms with Crippen LogP contribution in [0.25, 0.3) is 0 Å². The van der Waals surface area contributed by atoms with Gasteiger partial charge in [0.05, 0.1) is 14.2 Å². The van der Waals surface area contributed by atoms with Crippen molar-refractivity contribution in [2.45, 2.75) is 10.1 Å². The molecule has 6 nitrogen and oxygen atoms in total. The number of nitrogens with zero attached hydrogens (tertiary/aromatic N) is 3. The van der Waals surface area contributed by atoms with E-state index in [0.29, 0.717) is 11.1 Å². The molecule has 0 saturated heterocycles. The van der Waals surface area contributed by atoms with Crippen LogP contribution in [0.3, 0.4) is 0 Å². The highest BCUT2D eigenvalue weighted by atomic mass is 32.2. The lowest BCUT2D eigenvalue weighted by molar-refractivity contribution is 0.374. The van der Waals surface area contributed by atoms with Gasteiger partial charge in [0.25, 0.3) is 0 Å². The average molecular weight is 278 g/mol. The van der Waals surface area contributed by atoms with Crippen molar-refractivity contribution in [3.8, 4) is 11.8 Å². The topological polar surface area (TPSA) is 69.2 Å². The van der Waals surface area contributed by atoms with Crippen LogP contribution in [-0.4, -0.2) is 36.2 Å². The molecule has 1 aromatic carbocycles. The smallest absolute Gasteiger partial charge is 0.321 e. The standard InChI is InChI=1S/C12H14N4O2S/c1-13-10-14-11(18-3)16-12(15-10)19-9-6-4-8(17-2)5-7-9/h4-7H,1-3H3,(H,13,14,15,16). The van der Waals surface area contributed by atoms with Crippen LogP contribution < -0.4 is 14.8 Å². The van der Waals surface area contributed by atoms with Gasteiger partial charge in [-0.1, -0.05) is 0 Å². The summed E-state index contributed by atoms with van der Waals surface area (Å²) in [6.45, 7) is 0. The monoisotopic (exact) mass is 278 g/mol. The molecule has 0 atom stereocenters. The van der Waals surface area contributed by atoms with E-state index in [1.807, 2.05) is 24.3 Å².